The van der Waals surface area contributed by atoms with Gasteiger partial charge in [0.1, 0.15) is 5.75 Å². The van der Waals surface area contributed by atoms with Crippen molar-refractivity contribution in [3.63, 3.8) is 0 Å². The van der Waals surface area contributed by atoms with E-state index in [2.05, 4.69) is 0 Å². The molecule has 0 aliphatic carbocycles. The van der Waals surface area contributed by atoms with E-state index in [0.29, 0.717) is 10.8 Å². The minimum atomic E-state index is -4.81. The number of fused-ring (bicyclic) bond motifs is 1. The number of aromatic hydroxyl groups is 1. The quantitative estimate of drug-likeness (QED) is 0.814. The van der Waals surface area contributed by atoms with Crippen LogP contribution in [-0.4, -0.2) is 34.9 Å². The number of hydrogen-bond acceptors (Lipinski definition) is 3. The number of phenolic OH excluding ortho intramolecular Hbond substituents is 1. The average Bonchev–Trinajstić information content (AvgIpc) is 2.44. The van der Waals surface area contributed by atoms with Crippen molar-refractivity contribution in [2.24, 2.45) is 0 Å². The van der Waals surface area contributed by atoms with Crippen LogP contribution in [0.25, 0.3) is 10.8 Å². The van der Waals surface area contributed by atoms with Crippen LogP contribution in [0.3, 0.4) is 0 Å². The molecule has 4 nitrogen and oxygen atoms in total. The number of phenols is 1. The predicted molar refractivity (Wildman–Crippen MR) is 70.0 cm³/mol. The maximum absolute atomic E-state index is 12.1. The predicted octanol–water partition coefficient (Wildman–Crippen LogP) is 2.20. The lowest BCUT2D eigenvalue weighted by Crippen LogP contribution is -2.40. The highest BCUT2D eigenvalue weighted by molar-refractivity contribution is 6.03. The zero-order chi connectivity index (χ0) is 15.6. The van der Waals surface area contributed by atoms with Gasteiger partial charge in [-0.25, -0.2) is 0 Å². The number of aliphatic hydroxyl groups is 1. The van der Waals surface area contributed by atoms with Crippen LogP contribution in [0.1, 0.15) is 10.4 Å². The topological polar surface area (TPSA) is 69.6 Å². The van der Waals surface area contributed by atoms with Crippen LogP contribution in [-0.2, 0) is 0 Å². The molecule has 0 spiro atoms. The van der Waals surface area contributed by atoms with Gasteiger partial charge in [-0.2, -0.15) is 13.2 Å². The molecule has 0 aromatic heterocycles. The zero-order valence-corrected chi connectivity index (χ0v) is 10.7. The Morgan fingerprint density at radius 3 is 2.52 bits per heavy atom. The van der Waals surface area contributed by atoms with Gasteiger partial charge in [-0.1, -0.05) is 30.3 Å². The van der Waals surface area contributed by atoms with Crippen molar-refractivity contribution in [1.29, 1.82) is 0 Å². The lowest BCUT2D eigenvalue weighted by molar-refractivity contribution is -0.201. The van der Waals surface area contributed by atoms with Gasteiger partial charge in [0.25, 0.3) is 5.91 Å². The molecule has 0 saturated carbocycles. The molecule has 0 bridgehead atoms. The molecule has 7 heteroatoms. The molecule has 2 aromatic rings. The van der Waals surface area contributed by atoms with Crippen LogP contribution in [0.2, 0.25) is 0 Å². The van der Waals surface area contributed by atoms with Gasteiger partial charge in [0.05, 0.1) is 12.1 Å². The van der Waals surface area contributed by atoms with Gasteiger partial charge in [-0.15, -0.1) is 0 Å². The molecule has 0 aliphatic heterocycles. The smallest absolute Gasteiger partial charge is 0.416 e. The Morgan fingerprint density at radius 2 is 1.86 bits per heavy atom. The molecule has 112 valence electrons. The van der Waals surface area contributed by atoms with Crippen molar-refractivity contribution in [2.75, 3.05) is 6.54 Å². The van der Waals surface area contributed by atoms with Crippen molar-refractivity contribution < 1.29 is 28.2 Å². The molecule has 1 atom stereocenters. The van der Waals surface area contributed by atoms with Crippen LogP contribution in [0, 0.1) is 0 Å². The highest BCUT2D eigenvalue weighted by Gasteiger charge is 2.38. The SMILES string of the molecule is O=C(NCC(O)C(F)(F)F)c1ccc2ccccc2c1O. The van der Waals surface area contributed by atoms with Crippen molar-refractivity contribution >= 4 is 16.7 Å². The Balaban J connectivity index is 2.19. The first-order valence-corrected chi connectivity index (χ1v) is 6.04. The van der Waals surface area contributed by atoms with Crippen LogP contribution in [0.15, 0.2) is 36.4 Å². The second-order valence-electron chi connectivity index (χ2n) is 4.45. The molecule has 1 unspecified atom stereocenters. The Bertz CT molecular complexity index is 670. The molecule has 0 heterocycles. The van der Waals surface area contributed by atoms with Gasteiger partial charge < -0.3 is 15.5 Å². The summed E-state index contributed by atoms with van der Waals surface area (Å²) in [4.78, 5) is 11.8. The average molecular weight is 299 g/mol. The third-order valence-electron chi connectivity index (χ3n) is 2.98. The summed E-state index contributed by atoms with van der Waals surface area (Å²) in [6.07, 6.45) is -7.46. The maximum atomic E-state index is 12.1. The molecule has 1 amide bonds. The number of carbonyl (C=O) groups is 1. The summed E-state index contributed by atoms with van der Waals surface area (Å²) >= 11 is 0. The number of alkyl halides is 3. The van der Waals surface area contributed by atoms with Crippen LogP contribution < -0.4 is 5.32 Å². The molecule has 0 aliphatic rings. The minimum Gasteiger partial charge on any atom is -0.506 e. The summed E-state index contributed by atoms with van der Waals surface area (Å²) in [6.45, 7) is -0.978. The first kappa shape index (κ1) is 15.1. The van der Waals surface area contributed by atoms with Crippen LogP contribution >= 0.6 is 0 Å². The highest BCUT2D eigenvalue weighted by Crippen LogP contribution is 2.28. The van der Waals surface area contributed by atoms with E-state index in [4.69, 9.17) is 5.11 Å². The van der Waals surface area contributed by atoms with Crippen LogP contribution in [0.4, 0.5) is 13.2 Å². The number of amides is 1. The normalized spacial score (nSPS) is 13.1. The molecule has 3 N–H and O–H groups in total. The Labute approximate surface area is 117 Å². The first-order valence-electron chi connectivity index (χ1n) is 6.04. The minimum absolute atomic E-state index is 0.150. The van der Waals surface area contributed by atoms with Crippen molar-refractivity contribution in [3.8, 4) is 5.75 Å². The van der Waals surface area contributed by atoms with Gasteiger partial charge in [0, 0.05) is 5.39 Å². The fraction of sp³-hybridized carbons (Fsp3) is 0.214. The summed E-state index contributed by atoms with van der Waals surface area (Å²) in [5.41, 5.74) is -0.150. The molecular weight excluding hydrogens is 287 g/mol. The summed E-state index contributed by atoms with van der Waals surface area (Å²) in [5.74, 6) is -1.20. The van der Waals surface area contributed by atoms with Gasteiger partial charge >= 0.3 is 6.18 Å². The second kappa shape index (κ2) is 5.61. The van der Waals surface area contributed by atoms with Gasteiger partial charge in [-0.3, -0.25) is 4.79 Å². The molecular formula is C14H12F3NO3. The van der Waals surface area contributed by atoms with E-state index in [1.54, 1.807) is 30.3 Å². The number of hydrogen-bond donors (Lipinski definition) is 3. The number of nitrogens with one attached hydrogen (secondary N) is 1. The van der Waals surface area contributed by atoms with Crippen molar-refractivity contribution in [2.45, 2.75) is 12.3 Å². The standard InChI is InChI=1S/C14H12F3NO3/c15-14(16,17)11(19)7-18-13(21)10-6-5-8-3-1-2-4-9(8)12(10)20/h1-6,11,19-20H,7H2,(H,18,21). The van der Waals surface area contributed by atoms with E-state index >= 15 is 0 Å². The third-order valence-corrected chi connectivity index (χ3v) is 2.98. The van der Waals surface area contributed by atoms with Gasteiger partial charge in [0.15, 0.2) is 6.10 Å². The number of aliphatic hydroxyl groups excluding tert-OH is 1. The van der Waals surface area contributed by atoms with Gasteiger partial charge in [-0.05, 0) is 11.5 Å². The summed E-state index contributed by atoms with van der Waals surface area (Å²) in [6, 6.07) is 9.62. The maximum Gasteiger partial charge on any atom is 0.416 e. The molecule has 2 aromatic carbocycles. The fourth-order valence-electron chi connectivity index (χ4n) is 1.84. The van der Waals surface area contributed by atoms with Crippen molar-refractivity contribution in [1.82, 2.24) is 5.32 Å². The van der Waals surface area contributed by atoms with E-state index in [1.807, 2.05) is 5.32 Å². The summed E-state index contributed by atoms with van der Waals surface area (Å²) in [5, 5.41) is 21.9. The number of benzene rings is 2. The van der Waals surface area contributed by atoms with E-state index < -0.39 is 24.7 Å². The number of rotatable bonds is 3. The Hall–Kier alpha value is -2.28. The monoisotopic (exact) mass is 299 g/mol. The first-order chi connectivity index (χ1) is 9.80. The van der Waals surface area contributed by atoms with E-state index in [0.717, 1.165) is 0 Å². The molecule has 0 fully saturated rings. The number of carbonyl (C=O) groups excluding carboxylic acids is 1. The van der Waals surface area contributed by atoms with Crippen LogP contribution in [0.5, 0.6) is 5.75 Å². The Morgan fingerprint density at radius 1 is 1.19 bits per heavy atom. The Kier molecular flexibility index (Phi) is 4.04. The molecule has 2 rings (SSSR count). The van der Waals surface area contributed by atoms with Gasteiger partial charge in [0.2, 0.25) is 0 Å². The number of halogens is 3. The molecule has 21 heavy (non-hydrogen) atoms. The molecule has 0 saturated heterocycles. The lowest BCUT2D eigenvalue weighted by atomic mass is 10.0. The largest absolute Gasteiger partial charge is 0.506 e. The fourth-order valence-corrected chi connectivity index (χ4v) is 1.84. The molecule has 0 radical (unpaired) electrons. The van der Waals surface area contributed by atoms with E-state index in [-0.39, 0.29) is 11.3 Å². The summed E-state index contributed by atoms with van der Waals surface area (Å²) in [7, 11) is 0. The zero-order valence-electron chi connectivity index (χ0n) is 10.7. The van der Waals surface area contributed by atoms with E-state index in [9.17, 15) is 23.1 Å². The third kappa shape index (κ3) is 3.25. The van der Waals surface area contributed by atoms with Crippen molar-refractivity contribution in [3.05, 3.63) is 42.0 Å². The lowest BCUT2D eigenvalue weighted by Gasteiger charge is -2.15. The second-order valence-corrected chi connectivity index (χ2v) is 4.45. The van der Waals surface area contributed by atoms with E-state index in [1.165, 1.54) is 6.07 Å². The highest BCUT2D eigenvalue weighted by atomic mass is 19.4. The summed E-state index contributed by atoms with van der Waals surface area (Å²) < 4.78 is 36.4.